The van der Waals surface area contributed by atoms with Crippen molar-refractivity contribution in [2.45, 2.75) is 17.7 Å². The first-order valence-electron chi connectivity index (χ1n) is 7.56. The van der Waals surface area contributed by atoms with E-state index < -0.39 is 20.4 Å². The molecule has 0 N–H and O–H groups in total. The Morgan fingerprint density at radius 2 is 1.88 bits per heavy atom. The van der Waals surface area contributed by atoms with Crippen molar-refractivity contribution in [1.29, 1.82) is 0 Å². The first-order chi connectivity index (χ1) is 11.1. The number of carbonyl (C=O) groups is 1. The van der Waals surface area contributed by atoms with E-state index >= 15 is 0 Å². The minimum absolute atomic E-state index is 0.0500. The topological polar surface area (TPSA) is 101 Å². The number of nitro groups is 1. The highest BCUT2D eigenvalue weighted by molar-refractivity contribution is 7.90. The fraction of sp³-hybridized carbons (Fsp3) is 0.533. The van der Waals surface area contributed by atoms with E-state index in [1.54, 1.807) is 30.0 Å². The minimum Gasteiger partial charge on any atom is -0.366 e. The molecular weight excluding hydrogens is 334 g/mol. The third kappa shape index (κ3) is 3.66. The van der Waals surface area contributed by atoms with Crippen molar-refractivity contribution in [2.75, 3.05) is 38.3 Å². The minimum atomic E-state index is -3.70. The van der Waals surface area contributed by atoms with Gasteiger partial charge in [0.05, 0.1) is 4.92 Å². The summed E-state index contributed by atoms with van der Waals surface area (Å²) in [6, 6.07) is 4.32. The predicted molar refractivity (Wildman–Crippen MR) is 89.8 cm³/mol. The molecule has 0 saturated carbocycles. The molecular formula is C15H21N3O5S. The van der Waals surface area contributed by atoms with Crippen LogP contribution in [0.25, 0.3) is 0 Å². The summed E-state index contributed by atoms with van der Waals surface area (Å²) in [6.07, 6.45) is 2.12. The fourth-order valence-corrected chi connectivity index (χ4v) is 3.84. The van der Waals surface area contributed by atoms with E-state index in [-0.39, 0.29) is 16.7 Å². The Kier molecular flexibility index (Phi) is 5.12. The number of hydrogen-bond acceptors (Lipinski definition) is 6. The third-order valence-electron chi connectivity index (χ3n) is 4.19. The monoisotopic (exact) mass is 355 g/mol. The molecule has 1 fully saturated rings. The van der Waals surface area contributed by atoms with E-state index in [0.29, 0.717) is 31.6 Å². The zero-order valence-corrected chi connectivity index (χ0v) is 14.7. The number of hydrogen-bond donors (Lipinski definition) is 0. The summed E-state index contributed by atoms with van der Waals surface area (Å²) in [4.78, 5) is 25.9. The number of carbonyl (C=O) groups excluding carboxylic acids is 1. The van der Waals surface area contributed by atoms with Gasteiger partial charge in [-0.2, -0.15) is 0 Å². The number of piperidine rings is 1. The van der Waals surface area contributed by atoms with Crippen LogP contribution >= 0.6 is 0 Å². The van der Waals surface area contributed by atoms with Gasteiger partial charge in [0.25, 0.3) is 0 Å². The van der Waals surface area contributed by atoms with Crippen molar-refractivity contribution in [2.24, 2.45) is 5.92 Å². The van der Waals surface area contributed by atoms with E-state index in [4.69, 9.17) is 0 Å². The molecule has 24 heavy (non-hydrogen) atoms. The summed E-state index contributed by atoms with van der Waals surface area (Å²) in [5.74, 6) is -0.0533. The number of benzene rings is 1. The van der Waals surface area contributed by atoms with Gasteiger partial charge in [-0.25, -0.2) is 8.42 Å². The van der Waals surface area contributed by atoms with Crippen LogP contribution < -0.4 is 4.90 Å². The zero-order chi connectivity index (χ0) is 18.1. The molecule has 1 aliphatic rings. The molecule has 0 atom stereocenters. The summed E-state index contributed by atoms with van der Waals surface area (Å²) in [7, 11) is -0.297. The summed E-state index contributed by atoms with van der Waals surface area (Å²) < 4.78 is 23.7. The maximum absolute atomic E-state index is 12.0. The van der Waals surface area contributed by atoms with E-state index in [0.717, 1.165) is 6.26 Å². The predicted octanol–water partition coefficient (Wildman–Crippen LogP) is 1.30. The number of nitro benzene ring substituents is 1. The molecule has 0 spiro atoms. The molecule has 0 bridgehead atoms. The van der Waals surface area contributed by atoms with E-state index in [2.05, 4.69) is 0 Å². The highest BCUT2D eigenvalue weighted by atomic mass is 32.2. The van der Waals surface area contributed by atoms with Gasteiger partial charge in [-0.15, -0.1) is 0 Å². The van der Waals surface area contributed by atoms with Crippen molar-refractivity contribution in [3.8, 4) is 0 Å². The van der Waals surface area contributed by atoms with Crippen molar-refractivity contribution in [1.82, 2.24) is 4.90 Å². The van der Waals surface area contributed by atoms with Crippen LogP contribution in [-0.4, -0.2) is 57.6 Å². The summed E-state index contributed by atoms with van der Waals surface area (Å²) in [5.41, 5.74) is -0.101. The average Bonchev–Trinajstić information content (AvgIpc) is 2.52. The number of amides is 1. The van der Waals surface area contributed by atoms with Crippen LogP contribution in [0.4, 0.5) is 11.4 Å². The molecule has 8 nitrogen and oxygen atoms in total. The Hall–Kier alpha value is -2.16. The van der Waals surface area contributed by atoms with E-state index in [9.17, 15) is 23.3 Å². The zero-order valence-electron chi connectivity index (χ0n) is 13.9. The molecule has 9 heteroatoms. The fourth-order valence-electron chi connectivity index (χ4n) is 2.98. The average molecular weight is 355 g/mol. The summed E-state index contributed by atoms with van der Waals surface area (Å²) in [6.45, 7) is 0.941. The Bertz CT molecular complexity index is 752. The highest BCUT2D eigenvalue weighted by Gasteiger charge is 2.32. The van der Waals surface area contributed by atoms with Gasteiger partial charge in [-0.3, -0.25) is 14.9 Å². The third-order valence-corrected chi connectivity index (χ3v) is 5.31. The molecule has 2 rings (SSSR count). The lowest BCUT2D eigenvalue weighted by molar-refractivity contribution is -0.387. The second kappa shape index (κ2) is 6.76. The lowest BCUT2D eigenvalue weighted by Crippen LogP contribution is -2.40. The molecule has 0 radical (unpaired) electrons. The second-order valence-electron chi connectivity index (χ2n) is 6.15. The van der Waals surface area contributed by atoms with Gasteiger partial charge in [0.15, 0.2) is 9.84 Å². The van der Waals surface area contributed by atoms with E-state index in [1.165, 1.54) is 12.1 Å². The molecule has 1 saturated heterocycles. The molecule has 1 aromatic rings. The standard InChI is InChI=1S/C15H21N3O5S/c1-16(2)15(19)11-7-9-17(10-8-11)12-5-4-6-13(24(3,22)23)14(12)18(20)21/h4-6,11H,7-10H2,1-3H3. The van der Waals surface area contributed by atoms with Gasteiger partial charge in [0.1, 0.15) is 10.6 Å². The molecule has 0 aliphatic carbocycles. The molecule has 132 valence electrons. The first kappa shape index (κ1) is 18.2. The summed E-state index contributed by atoms with van der Waals surface area (Å²) in [5, 5.41) is 11.4. The van der Waals surface area contributed by atoms with Crippen LogP contribution in [0.5, 0.6) is 0 Å². The number of para-hydroxylation sites is 1. The van der Waals surface area contributed by atoms with Crippen LogP contribution in [0.15, 0.2) is 23.1 Å². The van der Waals surface area contributed by atoms with Crippen LogP contribution in [0.2, 0.25) is 0 Å². The normalized spacial score (nSPS) is 16.0. The largest absolute Gasteiger partial charge is 0.366 e. The van der Waals surface area contributed by atoms with Crippen LogP contribution in [0.1, 0.15) is 12.8 Å². The van der Waals surface area contributed by atoms with Gasteiger partial charge in [0, 0.05) is 39.4 Å². The second-order valence-corrected chi connectivity index (χ2v) is 8.13. The maximum atomic E-state index is 12.0. The Morgan fingerprint density at radius 1 is 1.29 bits per heavy atom. The summed E-state index contributed by atoms with van der Waals surface area (Å²) >= 11 is 0. The number of rotatable bonds is 4. The van der Waals surface area contributed by atoms with Gasteiger partial charge in [-0.05, 0) is 25.0 Å². The number of sulfone groups is 1. The van der Waals surface area contributed by atoms with Crippen LogP contribution in [0, 0.1) is 16.0 Å². The molecule has 0 aromatic heterocycles. The first-order valence-corrected chi connectivity index (χ1v) is 9.45. The molecule has 1 amide bonds. The van der Waals surface area contributed by atoms with Crippen molar-refractivity contribution in [3.05, 3.63) is 28.3 Å². The molecule has 1 aliphatic heterocycles. The Morgan fingerprint density at radius 3 is 2.33 bits per heavy atom. The molecule has 0 unspecified atom stereocenters. The highest BCUT2D eigenvalue weighted by Crippen LogP contribution is 2.36. The number of nitrogens with zero attached hydrogens (tertiary/aromatic N) is 3. The van der Waals surface area contributed by atoms with Gasteiger partial charge >= 0.3 is 5.69 Å². The van der Waals surface area contributed by atoms with Crippen molar-refractivity contribution in [3.63, 3.8) is 0 Å². The SMILES string of the molecule is CN(C)C(=O)C1CCN(c2cccc(S(C)(=O)=O)c2[N+](=O)[O-])CC1. The number of anilines is 1. The Balaban J connectivity index is 2.32. The van der Waals surface area contributed by atoms with Crippen molar-refractivity contribution >= 4 is 27.1 Å². The van der Waals surface area contributed by atoms with Gasteiger partial charge < -0.3 is 9.80 Å². The maximum Gasteiger partial charge on any atom is 0.311 e. The van der Waals surface area contributed by atoms with Crippen LogP contribution in [-0.2, 0) is 14.6 Å². The van der Waals surface area contributed by atoms with E-state index in [1.807, 2.05) is 0 Å². The lowest BCUT2D eigenvalue weighted by atomic mass is 9.95. The van der Waals surface area contributed by atoms with Gasteiger partial charge in [0.2, 0.25) is 5.91 Å². The lowest BCUT2D eigenvalue weighted by Gasteiger charge is -2.33. The molecule has 1 heterocycles. The smallest absolute Gasteiger partial charge is 0.311 e. The Labute approximate surface area is 141 Å². The van der Waals surface area contributed by atoms with Crippen LogP contribution in [0.3, 0.4) is 0 Å². The van der Waals surface area contributed by atoms with Crippen molar-refractivity contribution < 1.29 is 18.1 Å². The van der Waals surface area contributed by atoms with Gasteiger partial charge in [-0.1, -0.05) is 6.07 Å². The quantitative estimate of drug-likeness (QED) is 0.596. The molecule has 1 aromatic carbocycles.